The maximum absolute atomic E-state index is 12.6. The Morgan fingerprint density at radius 2 is 1.82 bits per heavy atom. The molecule has 0 fully saturated rings. The van der Waals surface area contributed by atoms with E-state index in [1.807, 2.05) is 0 Å². The number of anilines is 1. The number of fused-ring (bicyclic) bond motifs is 2. The minimum absolute atomic E-state index is 0.0358. The molecule has 142 valence electrons. The molecule has 4 rings (SSSR count). The Balaban J connectivity index is 1.91. The summed E-state index contributed by atoms with van der Waals surface area (Å²) >= 11 is 0. The largest absolute Gasteiger partial charge is 0.497 e. The van der Waals surface area contributed by atoms with Gasteiger partial charge in [0.25, 0.3) is 11.5 Å². The van der Waals surface area contributed by atoms with Crippen molar-refractivity contribution < 1.29 is 14.6 Å². The van der Waals surface area contributed by atoms with Crippen molar-refractivity contribution in [3.05, 3.63) is 74.1 Å². The summed E-state index contributed by atoms with van der Waals surface area (Å²) in [5.41, 5.74) is -0.215. The van der Waals surface area contributed by atoms with Gasteiger partial charge in [0.05, 0.1) is 29.6 Å². The molecule has 0 radical (unpaired) electrons. The zero-order valence-corrected chi connectivity index (χ0v) is 15.0. The standard InChI is InChI=1S/C19H16N4O5/c1-23-16-13(18(26)22-19(23)27)15(24)14-11(17(25)21-16)7-8-12(20-14)9-3-5-10(28-2)6-4-9/h3-8,15,24H,1-2H3,(H,21,25)(H,22,26,27). The molecule has 9 heteroatoms. The van der Waals surface area contributed by atoms with Gasteiger partial charge in [-0.25, -0.2) is 9.78 Å². The third kappa shape index (κ3) is 2.69. The van der Waals surface area contributed by atoms with Crippen LogP contribution in [0.2, 0.25) is 0 Å². The van der Waals surface area contributed by atoms with Crippen molar-refractivity contribution in [3.8, 4) is 17.0 Å². The van der Waals surface area contributed by atoms with Gasteiger partial charge in [0.1, 0.15) is 17.7 Å². The highest BCUT2D eigenvalue weighted by molar-refractivity contribution is 6.06. The third-order valence-corrected chi connectivity index (χ3v) is 4.68. The number of rotatable bonds is 2. The number of hydrogen-bond donors (Lipinski definition) is 3. The van der Waals surface area contributed by atoms with Gasteiger partial charge in [0, 0.05) is 12.6 Å². The Kier molecular flexibility index (Phi) is 4.08. The van der Waals surface area contributed by atoms with E-state index in [0.717, 1.165) is 10.1 Å². The molecule has 1 atom stereocenters. The van der Waals surface area contributed by atoms with E-state index >= 15 is 0 Å². The highest BCUT2D eigenvalue weighted by Gasteiger charge is 2.32. The molecule has 1 amide bonds. The lowest BCUT2D eigenvalue weighted by Gasteiger charge is -2.14. The van der Waals surface area contributed by atoms with E-state index in [-0.39, 0.29) is 22.6 Å². The predicted octanol–water partition coefficient (Wildman–Crippen LogP) is 0.792. The van der Waals surface area contributed by atoms with E-state index in [1.54, 1.807) is 37.4 Å². The van der Waals surface area contributed by atoms with Gasteiger partial charge in [-0.1, -0.05) is 0 Å². The number of carbonyl (C=O) groups is 1. The second kappa shape index (κ2) is 6.46. The topological polar surface area (TPSA) is 126 Å². The summed E-state index contributed by atoms with van der Waals surface area (Å²) in [5, 5.41) is 13.4. The number of pyridine rings is 1. The third-order valence-electron chi connectivity index (χ3n) is 4.68. The normalized spacial score (nSPS) is 15.2. The van der Waals surface area contributed by atoms with Crippen LogP contribution >= 0.6 is 0 Å². The number of methoxy groups -OCH3 is 1. The van der Waals surface area contributed by atoms with Gasteiger partial charge in [-0.15, -0.1) is 0 Å². The quantitative estimate of drug-likeness (QED) is 0.603. The van der Waals surface area contributed by atoms with Crippen LogP contribution in [0.25, 0.3) is 11.3 Å². The van der Waals surface area contributed by atoms with Crippen LogP contribution in [0, 0.1) is 0 Å². The highest BCUT2D eigenvalue weighted by Crippen LogP contribution is 2.32. The van der Waals surface area contributed by atoms with Gasteiger partial charge < -0.3 is 15.2 Å². The van der Waals surface area contributed by atoms with Crippen LogP contribution in [0.4, 0.5) is 5.82 Å². The summed E-state index contributed by atoms with van der Waals surface area (Å²) < 4.78 is 6.20. The molecule has 2 aromatic heterocycles. The summed E-state index contributed by atoms with van der Waals surface area (Å²) in [7, 11) is 2.95. The molecule has 3 N–H and O–H groups in total. The lowest BCUT2D eigenvalue weighted by molar-refractivity contribution is 0.102. The van der Waals surface area contributed by atoms with Gasteiger partial charge in [0.2, 0.25) is 0 Å². The first-order chi connectivity index (χ1) is 13.4. The molecular weight excluding hydrogens is 364 g/mol. The Bertz CT molecular complexity index is 1210. The molecule has 0 saturated heterocycles. The number of H-pyrrole nitrogens is 1. The summed E-state index contributed by atoms with van der Waals surface area (Å²) in [6, 6.07) is 10.3. The van der Waals surface area contributed by atoms with Crippen molar-refractivity contribution in [2.75, 3.05) is 12.4 Å². The number of aliphatic hydroxyl groups is 1. The number of hydrogen-bond acceptors (Lipinski definition) is 6. The molecule has 28 heavy (non-hydrogen) atoms. The van der Waals surface area contributed by atoms with Gasteiger partial charge >= 0.3 is 5.69 Å². The van der Waals surface area contributed by atoms with Gasteiger partial charge in [-0.05, 0) is 36.4 Å². The van der Waals surface area contributed by atoms with Gasteiger partial charge in [0.15, 0.2) is 0 Å². The van der Waals surface area contributed by atoms with E-state index in [0.29, 0.717) is 11.4 Å². The molecule has 1 aromatic carbocycles. The number of nitrogens with one attached hydrogen (secondary N) is 2. The molecule has 0 aliphatic carbocycles. The van der Waals surface area contributed by atoms with Crippen molar-refractivity contribution in [2.45, 2.75) is 6.10 Å². The molecule has 9 nitrogen and oxygen atoms in total. The zero-order valence-electron chi connectivity index (χ0n) is 15.0. The molecule has 0 saturated carbocycles. The SMILES string of the molecule is COc1ccc(-c2ccc3c(n2)C(O)c2c(n(C)c(=O)[nH]c2=O)NC3=O)cc1. The van der Waals surface area contributed by atoms with Crippen molar-refractivity contribution in [3.63, 3.8) is 0 Å². The fraction of sp³-hybridized carbons (Fsp3) is 0.158. The lowest BCUT2D eigenvalue weighted by atomic mass is 10.0. The molecule has 1 aliphatic heterocycles. The average Bonchev–Trinajstić information content (AvgIpc) is 2.81. The van der Waals surface area contributed by atoms with Crippen LogP contribution in [0.1, 0.15) is 27.7 Å². The monoisotopic (exact) mass is 380 g/mol. The van der Waals surface area contributed by atoms with E-state index in [9.17, 15) is 19.5 Å². The van der Waals surface area contributed by atoms with Crippen LogP contribution in [-0.2, 0) is 7.05 Å². The molecule has 1 unspecified atom stereocenters. The minimum Gasteiger partial charge on any atom is -0.497 e. The van der Waals surface area contributed by atoms with E-state index in [1.165, 1.54) is 13.1 Å². The Morgan fingerprint density at radius 3 is 2.50 bits per heavy atom. The second-order valence-corrected chi connectivity index (χ2v) is 6.30. The molecule has 0 spiro atoms. The number of ether oxygens (including phenoxy) is 1. The average molecular weight is 380 g/mol. The molecule has 0 bridgehead atoms. The predicted molar refractivity (Wildman–Crippen MR) is 101 cm³/mol. The fourth-order valence-corrected chi connectivity index (χ4v) is 3.15. The van der Waals surface area contributed by atoms with E-state index in [4.69, 9.17) is 4.74 Å². The Labute approximate surface area is 158 Å². The Morgan fingerprint density at radius 1 is 1.11 bits per heavy atom. The highest BCUT2D eigenvalue weighted by atomic mass is 16.5. The number of carbonyl (C=O) groups excluding carboxylic acids is 1. The molecular formula is C19H16N4O5. The molecule has 1 aliphatic rings. The van der Waals surface area contributed by atoms with Crippen LogP contribution in [0.5, 0.6) is 5.75 Å². The first-order valence-corrected chi connectivity index (χ1v) is 8.38. The number of benzene rings is 1. The summed E-state index contributed by atoms with van der Waals surface area (Å²) in [4.78, 5) is 43.3. The van der Waals surface area contributed by atoms with E-state index < -0.39 is 23.3 Å². The minimum atomic E-state index is -1.49. The van der Waals surface area contributed by atoms with Crippen molar-refractivity contribution in [2.24, 2.45) is 7.05 Å². The maximum atomic E-state index is 12.6. The first kappa shape index (κ1) is 17.7. The number of aromatic amines is 1. The second-order valence-electron chi connectivity index (χ2n) is 6.30. The zero-order chi connectivity index (χ0) is 20.0. The van der Waals surface area contributed by atoms with Gasteiger partial charge in [-0.3, -0.25) is 19.1 Å². The summed E-state index contributed by atoms with van der Waals surface area (Å²) in [6.45, 7) is 0. The fourth-order valence-electron chi connectivity index (χ4n) is 3.15. The number of nitrogens with zero attached hydrogens (tertiary/aromatic N) is 2. The first-order valence-electron chi connectivity index (χ1n) is 8.38. The number of aromatic nitrogens is 3. The van der Waals surface area contributed by atoms with Crippen molar-refractivity contribution >= 4 is 11.7 Å². The van der Waals surface area contributed by atoms with Crippen LogP contribution in [-0.4, -0.2) is 32.7 Å². The number of amides is 1. The number of aliphatic hydroxyl groups excluding tert-OH is 1. The van der Waals surface area contributed by atoms with Crippen LogP contribution in [0.15, 0.2) is 46.0 Å². The van der Waals surface area contributed by atoms with Crippen LogP contribution in [0.3, 0.4) is 0 Å². The van der Waals surface area contributed by atoms with Crippen LogP contribution < -0.4 is 21.3 Å². The Hall–Kier alpha value is -3.72. The van der Waals surface area contributed by atoms with Crippen molar-refractivity contribution in [1.82, 2.24) is 14.5 Å². The maximum Gasteiger partial charge on any atom is 0.329 e. The smallest absolute Gasteiger partial charge is 0.329 e. The summed E-state index contributed by atoms with van der Waals surface area (Å²) in [5.74, 6) is 0.0525. The lowest BCUT2D eigenvalue weighted by Crippen LogP contribution is -2.34. The van der Waals surface area contributed by atoms with Crippen molar-refractivity contribution in [1.29, 1.82) is 0 Å². The molecule has 3 aromatic rings. The summed E-state index contributed by atoms with van der Waals surface area (Å²) in [6.07, 6.45) is -1.49. The van der Waals surface area contributed by atoms with Gasteiger partial charge in [-0.2, -0.15) is 0 Å². The molecule has 3 heterocycles. The van der Waals surface area contributed by atoms with E-state index in [2.05, 4.69) is 15.3 Å².